The minimum absolute atomic E-state index is 0.131. The summed E-state index contributed by atoms with van der Waals surface area (Å²) in [4.78, 5) is 2.32. The zero-order chi connectivity index (χ0) is 14.6. The highest BCUT2D eigenvalue weighted by molar-refractivity contribution is 7.89. The van der Waals surface area contributed by atoms with Crippen LogP contribution in [0.5, 0.6) is 0 Å². The van der Waals surface area contributed by atoms with Gasteiger partial charge in [-0.2, -0.15) is 0 Å². The van der Waals surface area contributed by atoms with Crippen LogP contribution in [0.3, 0.4) is 0 Å². The Balaban J connectivity index is 1.94. The van der Waals surface area contributed by atoms with Crippen LogP contribution in [-0.2, 0) is 10.0 Å². The fourth-order valence-electron chi connectivity index (χ4n) is 2.68. The number of nitrogens with one attached hydrogen (secondary N) is 1. The number of likely N-dealkylation sites (tertiary alicyclic amines) is 1. The average molecular weight is 300 g/mol. The van der Waals surface area contributed by atoms with Crippen LogP contribution >= 0.6 is 0 Å². The highest BCUT2D eigenvalue weighted by Gasteiger charge is 2.29. The molecule has 1 aliphatic rings. The zero-order valence-corrected chi connectivity index (χ0v) is 13.0. The number of rotatable bonds is 6. The first-order chi connectivity index (χ1) is 9.52. The number of sulfonamides is 1. The Hall–Kier alpha value is -0.850. The molecule has 1 N–H and O–H groups in total. The lowest BCUT2D eigenvalue weighted by molar-refractivity contribution is 0.104. The van der Waals surface area contributed by atoms with E-state index >= 15 is 0 Å². The highest BCUT2D eigenvalue weighted by Crippen LogP contribution is 2.33. The van der Waals surface area contributed by atoms with Gasteiger partial charge in [-0.1, -0.05) is 6.92 Å². The van der Waals surface area contributed by atoms with E-state index in [0.717, 1.165) is 31.7 Å². The van der Waals surface area contributed by atoms with Gasteiger partial charge in [0, 0.05) is 13.1 Å². The molecule has 0 spiro atoms. The predicted octanol–water partition coefficient (Wildman–Crippen LogP) is 1.99. The molecule has 0 aromatic carbocycles. The summed E-state index contributed by atoms with van der Waals surface area (Å²) in [6.07, 6.45) is 3.92. The molecule has 0 unspecified atom stereocenters. The second kappa shape index (κ2) is 6.74. The zero-order valence-electron chi connectivity index (χ0n) is 12.2. The molecule has 20 heavy (non-hydrogen) atoms. The summed E-state index contributed by atoms with van der Waals surface area (Å²) in [5.74, 6) is 1.79. The first-order valence-electron chi connectivity index (χ1n) is 7.26. The Morgan fingerprint density at radius 1 is 1.50 bits per heavy atom. The number of hydrogen-bond donors (Lipinski definition) is 1. The van der Waals surface area contributed by atoms with Gasteiger partial charge in [0.15, 0.2) is 0 Å². The molecule has 0 radical (unpaired) electrons. The van der Waals surface area contributed by atoms with Gasteiger partial charge in [0.05, 0.1) is 18.1 Å². The molecule has 5 nitrogen and oxygen atoms in total. The highest BCUT2D eigenvalue weighted by atomic mass is 32.2. The molecule has 1 saturated heterocycles. The van der Waals surface area contributed by atoms with Crippen LogP contribution in [0.25, 0.3) is 0 Å². The summed E-state index contributed by atoms with van der Waals surface area (Å²) in [6, 6.07) is 4.18. The molecule has 2 heterocycles. The van der Waals surface area contributed by atoms with Crippen LogP contribution in [-0.4, -0.2) is 38.7 Å². The molecular formula is C14H24N2O3S. The molecule has 1 aromatic rings. The van der Waals surface area contributed by atoms with E-state index in [4.69, 9.17) is 4.42 Å². The van der Waals surface area contributed by atoms with Gasteiger partial charge in [-0.3, -0.25) is 4.90 Å². The van der Waals surface area contributed by atoms with E-state index in [1.807, 2.05) is 12.1 Å². The third-order valence-corrected chi connectivity index (χ3v) is 5.35. The first kappa shape index (κ1) is 15.5. The minimum atomic E-state index is -3.10. The fraction of sp³-hybridized carbons (Fsp3) is 0.714. The Morgan fingerprint density at radius 3 is 2.95 bits per heavy atom. The maximum Gasteiger partial charge on any atom is 0.211 e. The summed E-state index contributed by atoms with van der Waals surface area (Å²) in [5, 5.41) is 0. The van der Waals surface area contributed by atoms with Crippen molar-refractivity contribution in [2.45, 2.75) is 32.7 Å². The van der Waals surface area contributed by atoms with Crippen molar-refractivity contribution >= 4 is 10.0 Å². The van der Waals surface area contributed by atoms with E-state index in [0.29, 0.717) is 12.5 Å². The molecule has 6 heteroatoms. The van der Waals surface area contributed by atoms with Crippen molar-refractivity contribution in [3.05, 3.63) is 24.2 Å². The summed E-state index contributed by atoms with van der Waals surface area (Å²) >= 11 is 0. The van der Waals surface area contributed by atoms with E-state index in [9.17, 15) is 8.42 Å². The number of nitrogens with zero attached hydrogens (tertiary/aromatic N) is 1. The first-order valence-corrected chi connectivity index (χ1v) is 8.92. The van der Waals surface area contributed by atoms with E-state index in [1.165, 1.54) is 0 Å². The SMILES string of the molecule is CCS(=O)(=O)NCCN1CC[C@@H](C)C[C@@H]1c1ccco1. The van der Waals surface area contributed by atoms with E-state index in [-0.39, 0.29) is 11.8 Å². The molecule has 1 aliphatic heterocycles. The predicted molar refractivity (Wildman–Crippen MR) is 78.9 cm³/mol. The lowest BCUT2D eigenvalue weighted by Gasteiger charge is -2.37. The van der Waals surface area contributed by atoms with Gasteiger partial charge >= 0.3 is 0 Å². The Morgan fingerprint density at radius 2 is 2.30 bits per heavy atom. The van der Waals surface area contributed by atoms with E-state index in [1.54, 1.807) is 13.2 Å². The van der Waals surface area contributed by atoms with Crippen molar-refractivity contribution in [1.82, 2.24) is 9.62 Å². The monoisotopic (exact) mass is 300 g/mol. The number of furan rings is 1. The van der Waals surface area contributed by atoms with Crippen molar-refractivity contribution in [3.8, 4) is 0 Å². The molecular weight excluding hydrogens is 276 g/mol. The summed E-state index contributed by atoms with van der Waals surface area (Å²) in [6.45, 7) is 6.07. The van der Waals surface area contributed by atoms with Crippen molar-refractivity contribution in [1.29, 1.82) is 0 Å². The fourth-order valence-corrected chi connectivity index (χ4v) is 3.29. The largest absolute Gasteiger partial charge is 0.468 e. The van der Waals surface area contributed by atoms with Gasteiger partial charge in [-0.05, 0) is 44.4 Å². The lowest BCUT2D eigenvalue weighted by Crippen LogP contribution is -2.41. The maximum atomic E-state index is 11.5. The summed E-state index contributed by atoms with van der Waals surface area (Å²) in [5.41, 5.74) is 0. The summed E-state index contributed by atoms with van der Waals surface area (Å²) in [7, 11) is -3.10. The standard InChI is InChI=1S/C14H24N2O3S/c1-3-20(17,18)15-7-9-16-8-6-12(2)11-13(16)14-5-4-10-19-14/h4-5,10,12-13,15H,3,6-9,11H2,1-2H3/t12-,13-/m1/s1. The molecule has 0 aliphatic carbocycles. The molecule has 1 aromatic heterocycles. The topological polar surface area (TPSA) is 62.6 Å². The molecule has 114 valence electrons. The van der Waals surface area contributed by atoms with Gasteiger partial charge in [0.1, 0.15) is 5.76 Å². The van der Waals surface area contributed by atoms with Gasteiger partial charge in [0.25, 0.3) is 0 Å². The summed E-state index contributed by atoms with van der Waals surface area (Å²) < 4.78 is 31.1. The third kappa shape index (κ3) is 4.07. The van der Waals surface area contributed by atoms with Crippen LogP contribution in [0, 0.1) is 5.92 Å². The number of hydrogen-bond acceptors (Lipinski definition) is 4. The molecule has 2 atom stereocenters. The quantitative estimate of drug-likeness (QED) is 0.873. The third-order valence-electron chi connectivity index (χ3n) is 3.95. The van der Waals surface area contributed by atoms with Gasteiger partial charge < -0.3 is 4.42 Å². The normalized spacial score (nSPS) is 24.9. The Labute approximate surface area is 121 Å². The van der Waals surface area contributed by atoms with Crippen molar-refractivity contribution in [2.75, 3.05) is 25.4 Å². The van der Waals surface area contributed by atoms with Crippen molar-refractivity contribution in [2.24, 2.45) is 5.92 Å². The molecule has 2 rings (SSSR count). The molecule has 1 fully saturated rings. The second-order valence-electron chi connectivity index (χ2n) is 5.49. The van der Waals surface area contributed by atoms with Gasteiger partial charge in [-0.15, -0.1) is 0 Å². The van der Waals surface area contributed by atoms with E-state index in [2.05, 4.69) is 16.5 Å². The van der Waals surface area contributed by atoms with Gasteiger partial charge in [0.2, 0.25) is 10.0 Å². The van der Waals surface area contributed by atoms with Crippen molar-refractivity contribution in [3.63, 3.8) is 0 Å². The average Bonchev–Trinajstić information content (AvgIpc) is 2.94. The second-order valence-corrected chi connectivity index (χ2v) is 7.59. The van der Waals surface area contributed by atoms with Crippen LogP contribution in [0.15, 0.2) is 22.8 Å². The van der Waals surface area contributed by atoms with Crippen LogP contribution in [0.2, 0.25) is 0 Å². The molecule has 0 amide bonds. The van der Waals surface area contributed by atoms with Crippen LogP contribution < -0.4 is 4.72 Å². The Kier molecular flexibility index (Phi) is 5.23. The van der Waals surface area contributed by atoms with Gasteiger partial charge in [-0.25, -0.2) is 13.1 Å². The van der Waals surface area contributed by atoms with Crippen LogP contribution in [0.1, 0.15) is 38.5 Å². The van der Waals surface area contributed by atoms with Crippen LogP contribution in [0.4, 0.5) is 0 Å². The minimum Gasteiger partial charge on any atom is -0.468 e. The lowest BCUT2D eigenvalue weighted by atomic mass is 9.91. The van der Waals surface area contributed by atoms with E-state index < -0.39 is 10.0 Å². The molecule has 0 saturated carbocycles. The maximum absolute atomic E-state index is 11.5. The smallest absolute Gasteiger partial charge is 0.211 e. The molecule has 0 bridgehead atoms. The van der Waals surface area contributed by atoms with Crippen molar-refractivity contribution < 1.29 is 12.8 Å². The Bertz CT molecular complexity index is 498. The number of piperidine rings is 1.